The van der Waals surface area contributed by atoms with Crippen LogP contribution >= 0.6 is 11.6 Å². The van der Waals surface area contributed by atoms with Gasteiger partial charge in [-0.25, -0.2) is 0 Å². The van der Waals surface area contributed by atoms with Crippen LogP contribution in [0.4, 0.5) is 0 Å². The molecule has 2 atom stereocenters. The van der Waals surface area contributed by atoms with Crippen molar-refractivity contribution in [2.45, 2.75) is 25.9 Å². The normalized spacial score (nSPS) is 18.4. The quantitative estimate of drug-likeness (QED) is 0.337. The van der Waals surface area contributed by atoms with Crippen molar-refractivity contribution in [1.82, 2.24) is 0 Å². The van der Waals surface area contributed by atoms with Gasteiger partial charge in [-0.15, -0.1) is 0 Å². The van der Waals surface area contributed by atoms with E-state index >= 15 is 0 Å². The number of halogens is 1. The summed E-state index contributed by atoms with van der Waals surface area (Å²) in [6.07, 6.45) is 1.06. The van der Waals surface area contributed by atoms with E-state index in [0.29, 0.717) is 18.4 Å². The highest BCUT2D eigenvalue weighted by Gasteiger charge is 2.43. The molecule has 1 aliphatic carbocycles. The lowest BCUT2D eigenvalue weighted by Gasteiger charge is -2.09. The van der Waals surface area contributed by atoms with Gasteiger partial charge in [-0.1, -0.05) is 58.7 Å². The van der Waals surface area contributed by atoms with Gasteiger partial charge < -0.3 is 9.57 Å². The number of nitrogens with zero attached hydrogens (tertiary/aromatic N) is 1. The van der Waals surface area contributed by atoms with E-state index in [1.165, 1.54) is 11.1 Å². The van der Waals surface area contributed by atoms with E-state index in [9.17, 15) is 0 Å². The van der Waals surface area contributed by atoms with Gasteiger partial charge in [0.2, 0.25) is 0 Å². The van der Waals surface area contributed by atoms with E-state index in [1.54, 1.807) is 7.11 Å². The minimum Gasteiger partial charge on any atom is -0.497 e. The molecular weight excluding hydrogens is 382 g/mol. The zero-order chi connectivity index (χ0) is 20.2. The number of oxime groups is 1. The van der Waals surface area contributed by atoms with Crippen LogP contribution in [0.2, 0.25) is 5.02 Å². The summed E-state index contributed by atoms with van der Waals surface area (Å²) in [5.41, 5.74) is 5.69. The summed E-state index contributed by atoms with van der Waals surface area (Å²) < 4.78 is 5.29. The highest BCUT2D eigenvalue weighted by Crippen LogP contribution is 2.49. The van der Waals surface area contributed by atoms with Crippen molar-refractivity contribution < 1.29 is 9.57 Å². The van der Waals surface area contributed by atoms with Gasteiger partial charge in [0, 0.05) is 10.9 Å². The minimum absolute atomic E-state index is 0.336. The first-order valence-electron chi connectivity index (χ1n) is 9.79. The Morgan fingerprint density at radius 3 is 2.31 bits per heavy atom. The summed E-state index contributed by atoms with van der Waals surface area (Å²) in [4.78, 5) is 5.77. The van der Waals surface area contributed by atoms with E-state index in [-0.39, 0.29) is 0 Å². The van der Waals surface area contributed by atoms with Gasteiger partial charge in [0.15, 0.2) is 0 Å². The first-order valence-corrected chi connectivity index (χ1v) is 10.2. The molecule has 148 valence electrons. The van der Waals surface area contributed by atoms with Crippen LogP contribution in [0.1, 0.15) is 34.6 Å². The smallest absolute Gasteiger partial charge is 0.142 e. The van der Waals surface area contributed by atoms with E-state index in [2.05, 4.69) is 48.5 Å². The second-order valence-corrected chi connectivity index (χ2v) is 7.90. The molecular formula is C25H24ClNO2. The van der Waals surface area contributed by atoms with Crippen molar-refractivity contribution in [2.24, 2.45) is 11.1 Å². The van der Waals surface area contributed by atoms with Crippen molar-refractivity contribution in [2.75, 3.05) is 7.11 Å². The molecule has 0 radical (unpaired) electrons. The van der Waals surface area contributed by atoms with Gasteiger partial charge in [-0.05, 0) is 72.4 Å². The van der Waals surface area contributed by atoms with Crippen LogP contribution < -0.4 is 4.74 Å². The Morgan fingerprint density at radius 1 is 0.966 bits per heavy atom. The fourth-order valence-corrected chi connectivity index (χ4v) is 3.66. The Bertz CT molecular complexity index is 979. The number of hydrogen-bond donors (Lipinski definition) is 0. The van der Waals surface area contributed by atoms with Crippen LogP contribution in [0.3, 0.4) is 0 Å². The van der Waals surface area contributed by atoms with Crippen LogP contribution in [-0.4, -0.2) is 12.8 Å². The van der Waals surface area contributed by atoms with Crippen LogP contribution in [0.25, 0.3) is 0 Å². The lowest BCUT2D eigenvalue weighted by molar-refractivity contribution is 0.130. The van der Waals surface area contributed by atoms with E-state index in [1.807, 2.05) is 36.4 Å². The molecule has 0 aliphatic heterocycles. The molecule has 29 heavy (non-hydrogen) atoms. The zero-order valence-corrected chi connectivity index (χ0v) is 17.4. The van der Waals surface area contributed by atoms with Gasteiger partial charge in [0.05, 0.1) is 12.8 Å². The fraction of sp³-hybridized carbons (Fsp3) is 0.240. The Kier molecular flexibility index (Phi) is 5.86. The molecule has 1 fully saturated rings. The van der Waals surface area contributed by atoms with Crippen molar-refractivity contribution in [3.05, 3.63) is 100 Å². The largest absolute Gasteiger partial charge is 0.497 e. The molecule has 0 heterocycles. The maximum Gasteiger partial charge on any atom is 0.142 e. The standard InChI is InChI=1S/C25H24ClNO2/c1-17-3-5-18(6-4-17)16-29-27-25(20-9-13-22(28-2)14-10-20)24-15-23(24)19-7-11-21(26)12-8-19/h3-14,23-24H,15-16H2,1-2H3/b27-25+. The highest BCUT2D eigenvalue weighted by molar-refractivity contribution is 6.30. The van der Waals surface area contributed by atoms with Crippen LogP contribution in [0.5, 0.6) is 5.75 Å². The summed E-state index contributed by atoms with van der Waals surface area (Å²) in [5, 5.41) is 5.33. The number of benzene rings is 3. The molecule has 0 N–H and O–H groups in total. The second kappa shape index (κ2) is 8.71. The fourth-order valence-electron chi connectivity index (χ4n) is 3.53. The average molecular weight is 406 g/mol. The van der Waals surface area contributed by atoms with E-state index in [0.717, 1.165) is 34.0 Å². The second-order valence-electron chi connectivity index (χ2n) is 7.46. The first-order chi connectivity index (χ1) is 14.1. The molecule has 1 saturated carbocycles. The predicted octanol–water partition coefficient (Wildman–Crippen LogP) is 6.38. The van der Waals surface area contributed by atoms with Gasteiger partial charge in [0.1, 0.15) is 12.4 Å². The molecule has 3 aromatic carbocycles. The van der Waals surface area contributed by atoms with E-state index < -0.39 is 0 Å². The van der Waals surface area contributed by atoms with E-state index in [4.69, 9.17) is 21.2 Å². The monoisotopic (exact) mass is 405 g/mol. The van der Waals surface area contributed by atoms with Gasteiger partial charge in [0.25, 0.3) is 0 Å². The maximum atomic E-state index is 6.04. The Labute approximate surface area is 176 Å². The molecule has 2 unspecified atom stereocenters. The Hall–Kier alpha value is -2.78. The number of aryl methyl sites for hydroxylation is 1. The molecule has 0 spiro atoms. The Balaban J connectivity index is 1.53. The van der Waals surface area contributed by atoms with Crippen LogP contribution in [0, 0.1) is 12.8 Å². The molecule has 3 nitrogen and oxygen atoms in total. The lowest BCUT2D eigenvalue weighted by Crippen LogP contribution is -2.07. The van der Waals surface area contributed by atoms with Gasteiger partial charge >= 0.3 is 0 Å². The number of rotatable bonds is 7. The number of hydrogen-bond acceptors (Lipinski definition) is 3. The summed E-state index contributed by atoms with van der Waals surface area (Å²) in [7, 11) is 1.67. The number of ether oxygens (including phenoxy) is 1. The van der Waals surface area contributed by atoms with Crippen molar-refractivity contribution in [3.63, 3.8) is 0 Å². The third-order valence-corrected chi connectivity index (χ3v) is 5.59. The van der Waals surface area contributed by atoms with Crippen LogP contribution in [0.15, 0.2) is 78.0 Å². The number of methoxy groups -OCH3 is 1. The van der Waals surface area contributed by atoms with Crippen LogP contribution in [-0.2, 0) is 11.4 Å². The summed E-state index contributed by atoms with van der Waals surface area (Å²) in [6, 6.07) is 24.4. The molecule has 4 rings (SSSR count). The maximum absolute atomic E-state index is 6.04. The predicted molar refractivity (Wildman–Crippen MR) is 118 cm³/mol. The van der Waals surface area contributed by atoms with Gasteiger partial charge in [-0.2, -0.15) is 0 Å². The molecule has 1 aliphatic rings. The molecule has 0 aromatic heterocycles. The third kappa shape index (κ3) is 4.80. The molecule has 3 aromatic rings. The Morgan fingerprint density at radius 2 is 1.66 bits per heavy atom. The molecule has 0 amide bonds. The van der Waals surface area contributed by atoms with Crippen molar-refractivity contribution in [1.29, 1.82) is 0 Å². The lowest BCUT2D eigenvalue weighted by atomic mass is 10.0. The summed E-state index contributed by atoms with van der Waals surface area (Å²) >= 11 is 6.04. The SMILES string of the molecule is COc1ccc(/C(=N\OCc2ccc(C)cc2)C2CC2c2ccc(Cl)cc2)cc1. The summed E-state index contributed by atoms with van der Waals surface area (Å²) in [6.45, 7) is 2.53. The minimum atomic E-state index is 0.336. The topological polar surface area (TPSA) is 30.8 Å². The van der Waals surface area contributed by atoms with Gasteiger partial charge in [-0.3, -0.25) is 0 Å². The molecule has 0 saturated heterocycles. The first kappa shape index (κ1) is 19.5. The van der Waals surface area contributed by atoms with Crippen molar-refractivity contribution in [3.8, 4) is 5.75 Å². The highest BCUT2D eigenvalue weighted by atomic mass is 35.5. The zero-order valence-electron chi connectivity index (χ0n) is 16.6. The average Bonchev–Trinajstić information content (AvgIpc) is 3.54. The summed E-state index contributed by atoms with van der Waals surface area (Å²) in [5.74, 6) is 1.61. The van der Waals surface area contributed by atoms with Crippen molar-refractivity contribution >= 4 is 17.3 Å². The molecule has 4 heteroatoms. The third-order valence-electron chi connectivity index (χ3n) is 5.34. The molecule has 0 bridgehead atoms.